The Labute approximate surface area is 152 Å². The summed E-state index contributed by atoms with van der Waals surface area (Å²) in [6.07, 6.45) is 10.4. The largest absolute Gasteiger partial charge is 0.274 e. The van der Waals surface area contributed by atoms with E-state index < -0.39 is 0 Å². The van der Waals surface area contributed by atoms with Crippen LogP contribution < -0.4 is 4.90 Å². The van der Waals surface area contributed by atoms with Gasteiger partial charge in [0.25, 0.3) is 0 Å². The van der Waals surface area contributed by atoms with Gasteiger partial charge in [-0.3, -0.25) is 9.59 Å². The second kappa shape index (κ2) is 5.57. The molecule has 3 aliphatic carbocycles. The maximum Gasteiger partial charge on any atom is 0.238 e. The van der Waals surface area contributed by atoms with Crippen LogP contribution in [-0.4, -0.2) is 11.8 Å². The molecule has 2 bridgehead atoms. The van der Waals surface area contributed by atoms with E-state index in [-0.39, 0.29) is 35.5 Å². The van der Waals surface area contributed by atoms with E-state index in [1.165, 1.54) is 35.3 Å². The molecule has 4 atom stereocenters. The second-order valence-electron chi connectivity index (χ2n) is 7.60. The van der Waals surface area contributed by atoms with E-state index in [0.29, 0.717) is 10.7 Å². The monoisotopic (exact) mass is 353 g/mol. The summed E-state index contributed by atoms with van der Waals surface area (Å²) in [5.41, 5.74) is 3.53. The molecule has 1 aromatic rings. The number of benzene rings is 1. The number of carbonyl (C=O) groups is 2. The molecule has 4 aliphatic rings. The number of anilines is 1. The molecule has 3 nitrogen and oxygen atoms in total. The molecule has 5 rings (SSSR count). The molecule has 1 heterocycles. The van der Waals surface area contributed by atoms with Gasteiger partial charge in [0.05, 0.1) is 17.5 Å². The van der Waals surface area contributed by atoms with E-state index in [9.17, 15) is 9.59 Å². The molecule has 2 saturated carbocycles. The quantitative estimate of drug-likeness (QED) is 0.549. The Morgan fingerprint density at radius 1 is 0.920 bits per heavy atom. The van der Waals surface area contributed by atoms with E-state index in [4.69, 9.17) is 11.6 Å². The maximum atomic E-state index is 13.1. The van der Waals surface area contributed by atoms with Gasteiger partial charge >= 0.3 is 0 Å². The number of allylic oxidation sites excluding steroid dienone is 4. The summed E-state index contributed by atoms with van der Waals surface area (Å²) in [6.45, 7) is 0. The van der Waals surface area contributed by atoms with E-state index in [2.05, 4.69) is 12.2 Å². The smallest absolute Gasteiger partial charge is 0.238 e. The van der Waals surface area contributed by atoms with Gasteiger partial charge in [-0.05, 0) is 43.9 Å². The van der Waals surface area contributed by atoms with Crippen molar-refractivity contribution in [1.29, 1.82) is 0 Å². The number of fused-ring (bicyclic) bond motifs is 5. The van der Waals surface area contributed by atoms with Gasteiger partial charge in [0.2, 0.25) is 11.8 Å². The van der Waals surface area contributed by atoms with Gasteiger partial charge in [0, 0.05) is 16.9 Å². The third-order valence-corrected chi connectivity index (χ3v) is 6.58. The van der Waals surface area contributed by atoms with Crippen LogP contribution in [0.4, 0.5) is 5.69 Å². The van der Waals surface area contributed by atoms with Crippen LogP contribution in [0.25, 0.3) is 0 Å². The SMILES string of the molecule is O=C1[C@H]2[C@H](C(=O)N1c1cccc(Cl)c1)[C@H]1C=C[C@H]2C1=C1CCCCC1. The minimum absolute atomic E-state index is 0.0528. The molecule has 25 heavy (non-hydrogen) atoms. The lowest BCUT2D eigenvalue weighted by Crippen LogP contribution is -2.33. The van der Waals surface area contributed by atoms with E-state index in [1.54, 1.807) is 24.3 Å². The molecule has 0 unspecified atom stereocenters. The average Bonchev–Trinajstić information content (AvgIpc) is 3.25. The Hall–Kier alpha value is -1.87. The zero-order chi connectivity index (χ0) is 17.1. The summed E-state index contributed by atoms with van der Waals surface area (Å²) in [5.74, 6) is -0.282. The third-order valence-electron chi connectivity index (χ3n) is 6.35. The van der Waals surface area contributed by atoms with Crippen molar-refractivity contribution in [2.75, 3.05) is 4.90 Å². The molecular formula is C21H20ClNO2. The van der Waals surface area contributed by atoms with Gasteiger partial charge in [-0.15, -0.1) is 0 Å². The number of carbonyl (C=O) groups excluding carboxylic acids is 2. The van der Waals surface area contributed by atoms with Crippen molar-refractivity contribution in [1.82, 2.24) is 0 Å². The molecule has 0 spiro atoms. The fourth-order valence-electron chi connectivity index (χ4n) is 5.37. The van der Waals surface area contributed by atoms with Crippen molar-refractivity contribution in [2.45, 2.75) is 32.1 Å². The molecule has 1 aromatic carbocycles. The van der Waals surface area contributed by atoms with Crippen LogP contribution in [0.1, 0.15) is 32.1 Å². The summed E-state index contributed by atoms with van der Waals surface area (Å²) in [6, 6.07) is 7.04. The van der Waals surface area contributed by atoms with Crippen molar-refractivity contribution < 1.29 is 9.59 Å². The summed E-state index contributed by atoms with van der Waals surface area (Å²) in [7, 11) is 0. The first-order chi connectivity index (χ1) is 12.2. The maximum absolute atomic E-state index is 13.1. The van der Waals surface area contributed by atoms with Gasteiger partial charge in [0.1, 0.15) is 0 Å². The molecule has 0 aromatic heterocycles. The molecule has 0 N–H and O–H groups in total. The Kier molecular flexibility index (Phi) is 3.43. The molecule has 2 amide bonds. The van der Waals surface area contributed by atoms with Crippen LogP contribution in [0.2, 0.25) is 5.02 Å². The number of imide groups is 1. The fraction of sp³-hybridized carbons (Fsp3) is 0.429. The Balaban J connectivity index is 1.54. The lowest BCUT2D eigenvalue weighted by Gasteiger charge is -2.23. The molecule has 1 saturated heterocycles. The zero-order valence-corrected chi connectivity index (χ0v) is 14.7. The van der Waals surface area contributed by atoms with E-state index in [1.807, 2.05) is 0 Å². The first-order valence-electron chi connectivity index (χ1n) is 9.20. The summed E-state index contributed by atoms with van der Waals surface area (Å²) in [4.78, 5) is 27.6. The topological polar surface area (TPSA) is 37.4 Å². The number of halogens is 1. The normalized spacial score (nSPS) is 33.6. The molecule has 3 fully saturated rings. The van der Waals surface area contributed by atoms with Crippen LogP contribution in [0.5, 0.6) is 0 Å². The molecule has 4 heteroatoms. The Morgan fingerprint density at radius 3 is 2.16 bits per heavy atom. The van der Waals surface area contributed by atoms with E-state index >= 15 is 0 Å². The summed E-state index contributed by atoms with van der Waals surface area (Å²) < 4.78 is 0. The van der Waals surface area contributed by atoms with Gasteiger partial charge in [-0.2, -0.15) is 0 Å². The standard InChI is InChI=1S/C21H20ClNO2/c22-13-7-4-8-14(11-13)23-20(24)18-15-9-10-16(19(18)21(23)25)17(15)12-5-2-1-3-6-12/h4,7-11,15-16,18-19H,1-3,5-6H2/t15-,16-,18+,19+/m0/s1. The van der Waals surface area contributed by atoms with Crippen LogP contribution in [0, 0.1) is 23.7 Å². The van der Waals surface area contributed by atoms with Gasteiger partial charge in [0.15, 0.2) is 0 Å². The number of nitrogens with zero attached hydrogens (tertiary/aromatic N) is 1. The minimum Gasteiger partial charge on any atom is -0.274 e. The van der Waals surface area contributed by atoms with Crippen molar-refractivity contribution in [3.8, 4) is 0 Å². The van der Waals surface area contributed by atoms with Crippen molar-refractivity contribution >= 4 is 29.1 Å². The molecule has 0 radical (unpaired) electrons. The number of hydrogen-bond acceptors (Lipinski definition) is 2. The van der Waals surface area contributed by atoms with Crippen LogP contribution in [0.15, 0.2) is 47.6 Å². The third kappa shape index (κ3) is 2.11. The zero-order valence-electron chi connectivity index (χ0n) is 14.0. The highest BCUT2D eigenvalue weighted by molar-refractivity contribution is 6.31. The minimum atomic E-state index is -0.217. The molecule has 128 valence electrons. The predicted molar refractivity (Wildman–Crippen MR) is 97.2 cm³/mol. The van der Waals surface area contributed by atoms with Crippen molar-refractivity contribution in [2.24, 2.45) is 23.7 Å². The van der Waals surface area contributed by atoms with E-state index in [0.717, 1.165) is 12.8 Å². The van der Waals surface area contributed by atoms with Gasteiger partial charge in [-0.25, -0.2) is 4.90 Å². The number of amides is 2. The second-order valence-corrected chi connectivity index (χ2v) is 8.04. The summed E-state index contributed by atoms with van der Waals surface area (Å²) in [5, 5.41) is 0.543. The molecular weight excluding hydrogens is 334 g/mol. The van der Waals surface area contributed by atoms with Crippen LogP contribution in [0.3, 0.4) is 0 Å². The summed E-state index contributed by atoms with van der Waals surface area (Å²) >= 11 is 6.06. The average molecular weight is 354 g/mol. The first-order valence-corrected chi connectivity index (χ1v) is 9.58. The highest BCUT2D eigenvalue weighted by atomic mass is 35.5. The highest BCUT2D eigenvalue weighted by Gasteiger charge is 2.62. The number of rotatable bonds is 1. The lowest BCUT2D eigenvalue weighted by molar-refractivity contribution is -0.122. The fourth-order valence-corrected chi connectivity index (χ4v) is 5.56. The van der Waals surface area contributed by atoms with Crippen LogP contribution in [-0.2, 0) is 9.59 Å². The Bertz CT molecular complexity index is 798. The number of hydrogen-bond donors (Lipinski definition) is 0. The van der Waals surface area contributed by atoms with Crippen molar-refractivity contribution in [3.05, 3.63) is 52.6 Å². The Morgan fingerprint density at radius 2 is 1.56 bits per heavy atom. The first kappa shape index (κ1) is 15.4. The van der Waals surface area contributed by atoms with Crippen LogP contribution >= 0.6 is 11.6 Å². The van der Waals surface area contributed by atoms with Crippen molar-refractivity contribution in [3.63, 3.8) is 0 Å². The molecule has 1 aliphatic heterocycles. The lowest BCUT2D eigenvalue weighted by atomic mass is 9.85. The predicted octanol–water partition coefficient (Wildman–Crippen LogP) is 4.52. The van der Waals surface area contributed by atoms with Gasteiger partial charge in [-0.1, -0.05) is 47.4 Å². The highest BCUT2D eigenvalue weighted by Crippen LogP contribution is 2.58. The van der Waals surface area contributed by atoms with Gasteiger partial charge < -0.3 is 0 Å².